The van der Waals surface area contributed by atoms with Crippen molar-refractivity contribution in [2.75, 3.05) is 35.2 Å². The summed E-state index contributed by atoms with van der Waals surface area (Å²) in [6.45, 7) is 2.24. The third-order valence-corrected chi connectivity index (χ3v) is 4.31. The van der Waals surface area contributed by atoms with E-state index in [1.54, 1.807) is 19.0 Å². The van der Waals surface area contributed by atoms with Crippen molar-refractivity contribution in [1.29, 1.82) is 0 Å². The molecule has 1 amide bonds. The van der Waals surface area contributed by atoms with Crippen molar-refractivity contribution in [2.45, 2.75) is 25.9 Å². The molecular formula is C18H29N5O. The summed E-state index contributed by atoms with van der Waals surface area (Å²) in [6, 6.07) is 5.64. The van der Waals surface area contributed by atoms with E-state index < -0.39 is 0 Å². The molecule has 2 aromatic rings. The fourth-order valence-corrected chi connectivity index (χ4v) is 2.93. The highest BCUT2D eigenvalue weighted by Crippen LogP contribution is 2.18. The predicted molar refractivity (Wildman–Crippen MR) is 98.1 cm³/mol. The number of fused-ring (bicyclic) bond motifs is 1. The number of nitrogens with zero attached hydrogens (tertiary/aromatic N) is 3. The Labute approximate surface area is 144 Å². The molecule has 0 aliphatic heterocycles. The summed E-state index contributed by atoms with van der Waals surface area (Å²) >= 11 is 0. The maximum absolute atomic E-state index is 12.1. The van der Waals surface area contributed by atoms with Gasteiger partial charge in [-0.15, -0.1) is 0 Å². The van der Waals surface area contributed by atoms with Gasteiger partial charge in [0.15, 0.2) is 0 Å². The number of H-pyrrole nitrogens is 1. The minimum Gasteiger partial charge on any atom is -0.345 e. The molecule has 1 heterocycles. The van der Waals surface area contributed by atoms with Crippen LogP contribution in [-0.4, -0.2) is 67.1 Å². The number of imidazole rings is 1. The minimum atomic E-state index is -0.00216. The van der Waals surface area contributed by atoms with Crippen molar-refractivity contribution in [3.05, 3.63) is 29.6 Å². The highest BCUT2D eigenvalue weighted by molar-refractivity contribution is 5.97. The minimum absolute atomic E-state index is 0.00216. The molecule has 0 saturated carbocycles. The first kappa shape index (κ1) is 18.4. The second-order valence-electron chi connectivity index (χ2n) is 6.93. The standard InChI is InChI=1S/C18H29N5O/c1-12(10-17(19-2)22(3)4)9-16-20-14-8-7-13(11-15(14)21-16)18(24)23(5)6/h7-8,11-12,17,19H,9-10H2,1-6H3,(H,20,21)/t12-,17-/m1/s1. The molecular weight excluding hydrogens is 302 g/mol. The number of rotatable bonds is 7. The van der Waals surface area contributed by atoms with Crippen molar-refractivity contribution < 1.29 is 4.79 Å². The van der Waals surface area contributed by atoms with Crippen molar-refractivity contribution in [3.8, 4) is 0 Å². The van der Waals surface area contributed by atoms with Crippen molar-refractivity contribution >= 4 is 16.9 Å². The largest absolute Gasteiger partial charge is 0.345 e. The van der Waals surface area contributed by atoms with E-state index in [4.69, 9.17) is 0 Å². The highest BCUT2D eigenvalue weighted by atomic mass is 16.2. The molecule has 0 bridgehead atoms. The Balaban J connectivity index is 2.11. The van der Waals surface area contributed by atoms with Crippen molar-refractivity contribution in [3.63, 3.8) is 0 Å². The summed E-state index contributed by atoms with van der Waals surface area (Å²) in [5.41, 5.74) is 2.49. The first-order valence-electron chi connectivity index (χ1n) is 8.35. The Hall–Kier alpha value is -1.92. The van der Waals surface area contributed by atoms with Gasteiger partial charge in [-0.2, -0.15) is 0 Å². The van der Waals surface area contributed by atoms with E-state index in [1.165, 1.54) is 0 Å². The van der Waals surface area contributed by atoms with E-state index in [0.29, 0.717) is 17.6 Å². The van der Waals surface area contributed by atoms with E-state index in [0.717, 1.165) is 29.7 Å². The van der Waals surface area contributed by atoms with Gasteiger partial charge < -0.3 is 15.2 Å². The number of hydrogen-bond acceptors (Lipinski definition) is 4. The Morgan fingerprint density at radius 2 is 2.00 bits per heavy atom. The molecule has 1 aromatic heterocycles. The maximum atomic E-state index is 12.1. The van der Waals surface area contributed by atoms with E-state index >= 15 is 0 Å². The predicted octanol–water partition coefficient (Wildman–Crippen LogP) is 1.94. The van der Waals surface area contributed by atoms with Gasteiger partial charge in [0.2, 0.25) is 0 Å². The zero-order chi connectivity index (χ0) is 17.9. The molecule has 2 N–H and O–H groups in total. The first-order valence-corrected chi connectivity index (χ1v) is 8.35. The van der Waals surface area contributed by atoms with Gasteiger partial charge in [0, 0.05) is 26.1 Å². The molecule has 2 atom stereocenters. The second-order valence-corrected chi connectivity index (χ2v) is 6.93. The number of carbonyl (C=O) groups is 1. The van der Waals surface area contributed by atoms with Crippen LogP contribution in [0.25, 0.3) is 11.0 Å². The smallest absolute Gasteiger partial charge is 0.253 e. The molecule has 0 aliphatic rings. The topological polar surface area (TPSA) is 64.3 Å². The number of aromatic amines is 1. The lowest BCUT2D eigenvalue weighted by atomic mass is 10.0. The Kier molecular flexibility index (Phi) is 5.96. The lowest BCUT2D eigenvalue weighted by Gasteiger charge is -2.26. The summed E-state index contributed by atoms with van der Waals surface area (Å²) < 4.78 is 0. The van der Waals surface area contributed by atoms with Gasteiger partial charge in [0.25, 0.3) is 5.91 Å². The zero-order valence-electron chi connectivity index (χ0n) is 15.6. The normalized spacial score (nSPS) is 14.1. The molecule has 6 heteroatoms. The van der Waals surface area contributed by atoms with Gasteiger partial charge in [0.1, 0.15) is 5.82 Å². The number of benzene rings is 1. The van der Waals surface area contributed by atoms with Gasteiger partial charge in [-0.25, -0.2) is 4.98 Å². The SMILES string of the molecule is CN[C@@H](C[C@H](C)Cc1nc2cc(C(=O)N(C)C)ccc2[nH]1)N(C)C. The van der Waals surface area contributed by atoms with Crippen molar-refractivity contribution in [2.24, 2.45) is 5.92 Å². The third kappa shape index (κ3) is 4.33. The van der Waals surface area contributed by atoms with Gasteiger partial charge >= 0.3 is 0 Å². The number of hydrogen-bond donors (Lipinski definition) is 2. The number of carbonyl (C=O) groups excluding carboxylic acids is 1. The van der Waals surface area contributed by atoms with Gasteiger partial charge in [-0.3, -0.25) is 9.69 Å². The molecule has 0 saturated heterocycles. The lowest BCUT2D eigenvalue weighted by molar-refractivity contribution is 0.0827. The van der Waals surface area contributed by atoms with Crippen LogP contribution in [0.4, 0.5) is 0 Å². The summed E-state index contributed by atoms with van der Waals surface area (Å²) in [4.78, 5) is 23.9. The Morgan fingerprint density at radius 1 is 1.29 bits per heavy atom. The quantitative estimate of drug-likeness (QED) is 0.761. The van der Waals surface area contributed by atoms with Crippen LogP contribution in [-0.2, 0) is 6.42 Å². The molecule has 0 radical (unpaired) electrons. The number of aromatic nitrogens is 2. The fourth-order valence-electron chi connectivity index (χ4n) is 2.93. The van der Waals surface area contributed by atoms with Crippen LogP contribution in [0.5, 0.6) is 0 Å². The van der Waals surface area contributed by atoms with E-state index in [1.807, 2.05) is 25.2 Å². The summed E-state index contributed by atoms with van der Waals surface area (Å²) in [5, 5.41) is 3.33. The second kappa shape index (κ2) is 7.77. The van der Waals surface area contributed by atoms with Crippen LogP contribution in [0.1, 0.15) is 29.5 Å². The Morgan fingerprint density at radius 3 is 2.58 bits per heavy atom. The molecule has 1 aromatic carbocycles. The number of amides is 1. The maximum Gasteiger partial charge on any atom is 0.253 e. The van der Waals surface area contributed by atoms with Crippen LogP contribution in [0, 0.1) is 5.92 Å². The van der Waals surface area contributed by atoms with Crippen LogP contribution < -0.4 is 5.32 Å². The average molecular weight is 331 g/mol. The first-order chi connectivity index (χ1) is 11.3. The molecule has 0 spiro atoms. The molecule has 24 heavy (non-hydrogen) atoms. The Bertz CT molecular complexity index is 692. The lowest BCUT2D eigenvalue weighted by Crippen LogP contribution is -2.40. The molecule has 6 nitrogen and oxygen atoms in total. The molecule has 2 rings (SSSR count). The van der Waals surface area contributed by atoms with Crippen LogP contribution in [0.3, 0.4) is 0 Å². The van der Waals surface area contributed by atoms with Crippen LogP contribution >= 0.6 is 0 Å². The molecule has 0 unspecified atom stereocenters. The molecule has 0 aliphatic carbocycles. The summed E-state index contributed by atoms with van der Waals surface area (Å²) in [6.07, 6.45) is 2.29. The van der Waals surface area contributed by atoms with Gasteiger partial charge in [-0.1, -0.05) is 6.92 Å². The summed E-state index contributed by atoms with van der Waals surface area (Å²) in [7, 11) is 9.67. The van der Waals surface area contributed by atoms with Crippen LogP contribution in [0.15, 0.2) is 18.2 Å². The van der Waals surface area contributed by atoms with Gasteiger partial charge in [0.05, 0.1) is 17.2 Å². The highest BCUT2D eigenvalue weighted by Gasteiger charge is 2.16. The van der Waals surface area contributed by atoms with Crippen LogP contribution in [0.2, 0.25) is 0 Å². The fraction of sp³-hybridized carbons (Fsp3) is 0.556. The molecule has 132 valence electrons. The van der Waals surface area contributed by atoms with E-state index in [-0.39, 0.29) is 5.91 Å². The van der Waals surface area contributed by atoms with E-state index in [9.17, 15) is 4.79 Å². The van der Waals surface area contributed by atoms with Crippen molar-refractivity contribution in [1.82, 2.24) is 25.1 Å². The molecule has 0 fully saturated rings. The third-order valence-electron chi connectivity index (χ3n) is 4.31. The monoisotopic (exact) mass is 331 g/mol. The van der Waals surface area contributed by atoms with Gasteiger partial charge in [-0.05, 0) is 51.7 Å². The number of nitrogens with one attached hydrogen (secondary N) is 2. The zero-order valence-corrected chi connectivity index (χ0v) is 15.6. The summed E-state index contributed by atoms with van der Waals surface area (Å²) in [5.74, 6) is 1.46. The average Bonchev–Trinajstić information content (AvgIpc) is 2.92. The van der Waals surface area contributed by atoms with E-state index in [2.05, 4.69) is 41.2 Å².